The van der Waals surface area contributed by atoms with Crippen LogP contribution in [0.15, 0.2) is 60.7 Å². The lowest BCUT2D eigenvalue weighted by atomic mass is 9.93. The highest BCUT2D eigenvalue weighted by Gasteiger charge is 2.33. The third-order valence-electron chi connectivity index (χ3n) is 6.39. The summed E-state index contributed by atoms with van der Waals surface area (Å²) in [5, 5.41) is 0.429. The summed E-state index contributed by atoms with van der Waals surface area (Å²) in [5.41, 5.74) is 2.51. The second-order valence-electron chi connectivity index (χ2n) is 9.09. The van der Waals surface area contributed by atoms with Gasteiger partial charge in [-0.2, -0.15) is 13.2 Å². The number of ether oxygens (including phenoxy) is 2. The van der Waals surface area contributed by atoms with Gasteiger partial charge in [-0.25, -0.2) is 4.79 Å². The summed E-state index contributed by atoms with van der Waals surface area (Å²) in [4.78, 5) is 14.4. The molecule has 36 heavy (non-hydrogen) atoms. The predicted molar refractivity (Wildman–Crippen MR) is 133 cm³/mol. The summed E-state index contributed by atoms with van der Waals surface area (Å²) in [6.45, 7) is 4.33. The molecule has 1 amide bonds. The quantitative estimate of drug-likeness (QED) is 0.330. The predicted octanol–water partition coefficient (Wildman–Crippen LogP) is 8.24. The van der Waals surface area contributed by atoms with Crippen LogP contribution in [-0.4, -0.2) is 24.6 Å². The van der Waals surface area contributed by atoms with Gasteiger partial charge < -0.3 is 14.4 Å². The molecule has 0 N–H and O–H groups in total. The Kier molecular flexibility index (Phi) is 7.50. The van der Waals surface area contributed by atoms with Gasteiger partial charge in [0.25, 0.3) is 0 Å². The van der Waals surface area contributed by atoms with Crippen LogP contribution in [0, 0.1) is 0 Å². The summed E-state index contributed by atoms with van der Waals surface area (Å²) in [6.07, 6.45) is -5.14. The molecule has 8 heteroatoms. The standard InChI is InChI=1S/C28H27ClF3NO3/c1-17(2)18-8-11-24(29)23(15-18)21-10-9-20(28(30,31)32)14-19(21)16-33-13-12-26(36-27(33)34)22-6-4-5-7-25(22)35-3/h4-11,14-15,17,26H,12-13,16H2,1-3H3/t26-/m0/s1. The number of nitrogens with zero attached hydrogens (tertiary/aromatic N) is 1. The van der Waals surface area contributed by atoms with Gasteiger partial charge in [0.2, 0.25) is 0 Å². The van der Waals surface area contributed by atoms with E-state index in [0.29, 0.717) is 40.4 Å². The lowest BCUT2D eigenvalue weighted by molar-refractivity contribution is -0.137. The molecule has 3 aromatic rings. The van der Waals surface area contributed by atoms with Crippen LogP contribution < -0.4 is 4.74 Å². The minimum absolute atomic E-state index is 0.0427. The second kappa shape index (κ2) is 10.4. The van der Waals surface area contributed by atoms with Crippen LogP contribution in [0.4, 0.5) is 18.0 Å². The van der Waals surface area contributed by atoms with E-state index >= 15 is 0 Å². The van der Waals surface area contributed by atoms with Gasteiger partial charge in [0.05, 0.1) is 12.7 Å². The molecule has 0 spiro atoms. The maximum absolute atomic E-state index is 13.6. The van der Waals surface area contributed by atoms with Crippen LogP contribution in [-0.2, 0) is 17.5 Å². The molecule has 1 fully saturated rings. The Morgan fingerprint density at radius 2 is 1.83 bits per heavy atom. The first-order chi connectivity index (χ1) is 17.1. The van der Waals surface area contributed by atoms with Crippen molar-refractivity contribution in [2.45, 2.75) is 45.0 Å². The Morgan fingerprint density at radius 3 is 2.50 bits per heavy atom. The SMILES string of the molecule is COc1ccccc1[C@@H]1CCN(Cc2cc(C(F)(F)F)ccc2-c2cc(C(C)C)ccc2Cl)C(=O)O1. The average molecular weight is 518 g/mol. The van der Waals surface area contributed by atoms with Crippen LogP contribution in [0.3, 0.4) is 0 Å². The van der Waals surface area contributed by atoms with Gasteiger partial charge in [-0.3, -0.25) is 0 Å². The van der Waals surface area contributed by atoms with Crippen molar-refractivity contribution in [3.63, 3.8) is 0 Å². The van der Waals surface area contributed by atoms with Gasteiger partial charge in [-0.1, -0.05) is 55.8 Å². The number of para-hydroxylation sites is 1. The van der Waals surface area contributed by atoms with Crippen molar-refractivity contribution in [2.75, 3.05) is 13.7 Å². The highest BCUT2D eigenvalue weighted by Crippen LogP contribution is 2.39. The molecule has 1 heterocycles. The largest absolute Gasteiger partial charge is 0.496 e. The number of halogens is 4. The van der Waals surface area contributed by atoms with Gasteiger partial charge in [0, 0.05) is 35.7 Å². The number of benzene rings is 3. The molecule has 0 unspecified atom stereocenters. The highest BCUT2D eigenvalue weighted by atomic mass is 35.5. The van der Waals surface area contributed by atoms with E-state index in [9.17, 15) is 18.0 Å². The van der Waals surface area contributed by atoms with E-state index < -0.39 is 23.9 Å². The monoisotopic (exact) mass is 517 g/mol. The van der Waals surface area contributed by atoms with Gasteiger partial charge in [-0.15, -0.1) is 0 Å². The van der Waals surface area contributed by atoms with Crippen molar-refractivity contribution in [1.82, 2.24) is 4.90 Å². The number of rotatable bonds is 6. The van der Waals surface area contributed by atoms with Crippen molar-refractivity contribution >= 4 is 17.7 Å². The lowest BCUT2D eigenvalue weighted by Gasteiger charge is -2.33. The van der Waals surface area contributed by atoms with Crippen molar-refractivity contribution < 1.29 is 27.4 Å². The second-order valence-corrected chi connectivity index (χ2v) is 9.50. The van der Waals surface area contributed by atoms with Crippen LogP contribution in [0.2, 0.25) is 5.02 Å². The Hall–Kier alpha value is -3.19. The van der Waals surface area contributed by atoms with Crippen LogP contribution >= 0.6 is 11.6 Å². The number of carbonyl (C=O) groups excluding carboxylic acids is 1. The summed E-state index contributed by atoms with van der Waals surface area (Å²) >= 11 is 6.48. The first-order valence-corrected chi connectivity index (χ1v) is 12.0. The van der Waals surface area contributed by atoms with E-state index in [1.807, 2.05) is 44.2 Å². The fraction of sp³-hybridized carbons (Fsp3) is 0.321. The van der Waals surface area contributed by atoms with Crippen LogP contribution in [0.1, 0.15) is 54.5 Å². The smallest absolute Gasteiger partial charge is 0.416 e. The minimum Gasteiger partial charge on any atom is -0.496 e. The van der Waals surface area contributed by atoms with Gasteiger partial charge >= 0.3 is 12.3 Å². The number of methoxy groups -OCH3 is 1. The van der Waals surface area contributed by atoms with Crippen molar-refractivity contribution in [3.05, 3.63) is 87.9 Å². The zero-order valence-corrected chi connectivity index (χ0v) is 21.0. The van der Waals surface area contributed by atoms with E-state index in [2.05, 4.69) is 0 Å². The highest BCUT2D eigenvalue weighted by molar-refractivity contribution is 6.33. The van der Waals surface area contributed by atoms with Gasteiger partial charge in [-0.05, 0) is 52.9 Å². The fourth-order valence-electron chi connectivity index (χ4n) is 4.39. The third kappa shape index (κ3) is 5.46. The lowest BCUT2D eigenvalue weighted by Crippen LogP contribution is -2.38. The van der Waals surface area contributed by atoms with E-state index in [4.69, 9.17) is 21.1 Å². The van der Waals surface area contributed by atoms with Crippen LogP contribution in [0.5, 0.6) is 5.75 Å². The fourth-order valence-corrected chi connectivity index (χ4v) is 4.61. The minimum atomic E-state index is -4.52. The van der Waals surface area contributed by atoms with E-state index in [1.54, 1.807) is 19.2 Å². The zero-order valence-electron chi connectivity index (χ0n) is 20.2. The van der Waals surface area contributed by atoms with E-state index in [-0.39, 0.29) is 12.5 Å². The molecule has 0 saturated carbocycles. The molecule has 1 aliphatic heterocycles. The van der Waals surface area contributed by atoms with Gasteiger partial charge in [0.15, 0.2) is 0 Å². The normalized spacial score (nSPS) is 16.3. The summed E-state index contributed by atoms with van der Waals surface area (Å²) in [6, 6.07) is 16.4. The molecular formula is C28H27ClF3NO3. The molecule has 1 atom stereocenters. The van der Waals surface area contributed by atoms with Gasteiger partial charge in [0.1, 0.15) is 11.9 Å². The summed E-state index contributed by atoms with van der Waals surface area (Å²) < 4.78 is 51.8. The third-order valence-corrected chi connectivity index (χ3v) is 6.72. The molecule has 1 aliphatic rings. The zero-order chi connectivity index (χ0) is 26.0. The Morgan fingerprint density at radius 1 is 1.08 bits per heavy atom. The molecule has 3 aromatic carbocycles. The number of cyclic esters (lactones) is 1. The molecule has 0 aromatic heterocycles. The first kappa shape index (κ1) is 25.9. The van der Waals surface area contributed by atoms with Crippen molar-refractivity contribution in [3.8, 4) is 16.9 Å². The van der Waals surface area contributed by atoms with E-state index in [0.717, 1.165) is 23.3 Å². The van der Waals surface area contributed by atoms with E-state index in [1.165, 1.54) is 11.0 Å². The topological polar surface area (TPSA) is 38.8 Å². The molecule has 0 aliphatic carbocycles. The number of amides is 1. The molecule has 1 saturated heterocycles. The maximum atomic E-state index is 13.6. The Bertz CT molecular complexity index is 1260. The number of hydrogen-bond donors (Lipinski definition) is 0. The number of carbonyl (C=O) groups is 1. The molecule has 4 nitrogen and oxygen atoms in total. The molecule has 0 bridgehead atoms. The maximum Gasteiger partial charge on any atom is 0.416 e. The van der Waals surface area contributed by atoms with Crippen molar-refractivity contribution in [1.29, 1.82) is 0 Å². The Balaban J connectivity index is 1.66. The van der Waals surface area contributed by atoms with Crippen LogP contribution in [0.25, 0.3) is 11.1 Å². The molecular weight excluding hydrogens is 491 g/mol. The summed E-state index contributed by atoms with van der Waals surface area (Å²) in [5.74, 6) is 0.825. The average Bonchev–Trinajstić information content (AvgIpc) is 2.85. The number of alkyl halides is 3. The Labute approximate surface area is 213 Å². The molecule has 4 rings (SSSR count). The number of hydrogen-bond acceptors (Lipinski definition) is 3. The van der Waals surface area contributed by atoms with Crippen molar-refractivity contribution in [2.24, 2.45) is 0 Å². The molecule has 190 valence electrons. The molecule has 0 radical (unpaired) electrons. The summed E-state index contributed by atoms with van der Waals surface area (Å²) in [7, 11) is 1.55. The first-order valence-electron chi connectivity index (χ1n) is 11.7.